The zero-order valence-electron chi connectivity index (χ0n) is 12.3. The molecule has 1 saturated heterocycles. The standard InChI is InChI=1S/C14H17BrFNO3S/c1-13(2,3)20-12(18)17-14(4,8-19-21-17)10-7-9(15)5-6-11(10)16/h5-7H,8H2,1-4H3. The van der Waals surface area contributed by atoms with Gasteiger partial charge >= 0.3 is 6.09 Å². The van der Waals surface area contributed by atoms with Gasteiger partial charge in [-0.15, -0.1) is 0 Å². The van der Waals surface area contributed by atoms with Crippen LogP contribution in [-0.4, -0.2) is 22.6 Å². The normalized spacial score (nSPS) is 22.5. The monoisotopic (exact) mass is 377 g/mol. The largest absolute Gasteiger partial charge is 0.443 e. The van der Waals surface area contributed by atoms with E-state index in [4.69, 9.17) is 8.92 Å². The molecule has 1 aromatic carbocycles. The van der Waals surface area contributed by atoms with Gasteiger partial charge in [0.1, 0.15) is 29.2 Å². The highest BCUT2D eigenvalue weighted by Crippen LogP contribution is 2.43. The molecule has 0 spiro atoms. The van der Waals surface area contributed by atoms with Crippen molar-refractivity contribution >= 4 is 34.3 Å². The van der Waals surface area contributed by atoms with Gasteiger partial charge in [0.15, 0.2) is 0 Å². The summed E-state index contributed by atoms with van der Waals surface area (Å²) in [7, 11) is 0. The molecule has 1 aliphatic heterocycles. The fourth-order valence-corrected chi connectivity index (χ4v) is 3.13. The number of halogens is 2. The Morgan fingerprint density at radius 3 is 2.81 bits per heavy atom. The number of hydrogen-bond donors (Lipinski definition) is 0. The van der Waals surface area contributed by atoms with Gasteiger partial charge in [-0.2, -0.15) is 0 Å². The van der Waals surface area contributed by atoms with Crippen molar-refractivity contribution in [2.24, 2.45) is 0 Å². The molecule has 0 aromatic heterocycles. The zero-order valence-corrected chi connectivity index (χ0v) is 14.7. The lowest BCUT2D eigenvalue weighted by Crippen LogP contribution is -2.44. The van der Waals surface area contributed by atoms with E-state index in [0.717, 1.165) is 16.7 Å². The van der Waals surface area contributed by atoms with Gasteiger partial charge in [-0.3, -0.25) is 4.18 Å². The number of amides is 1. The molecule has 1 unspecified atom stereocenters. The third kappa shape index (κ3) is 3.52. The van der Waals surface area contributed by atoms with E-state index in [2.05, 4.69) is 15.9 Å². The summed E-state index contributed by atoms with van der Waals surface area (Å²) in [5, 5.41) is 0. The van der Waals surface area contributed by atoms with Gasteiger partial charge < -0.3 is 4.74 Å². The lowest BCUT2D eigenvalue weighted by molar-refractivity contribution is 0.0273. The van der Waals surface area contributed by atoms with E-state index in [9.17, 15) is 9.18 Å². The number of hydrogen-bond acceptors (Lipinski definition) is 4. The number of carbonyl (C=O) groups is 1. The van der Waals surface area contributed by atoms with Crippen LogP contribution < -0.4 is 0 Å². The van der Waals surface area contributed by atoms with Gasteiger partial charge in [0.05, 0.1) is 6.61 Å². The SMILES string of the molecule is CC(C)(C)OC(=O)N1SOCC1(C)c1cc(Br)ccc1F. The fraction of sp³-hybridized carbons (Fsp3) is 0.500. The summed E-state index contributed by atoms with van der Waals surface area (Å²) in [6, 6.07) is 4.63. The molecule has 7 heteroatoms. The molecule has 0 saturated carbocycles. The lowest BCUT2D eigenvalue weighted by Gasteiger charge is -2.33. The minimum absolute atomic E-state index is 0.185. The first kappa shape index (κ1) is 16.6. The minimum Gasteiger partial charge on any atom is -0.443 e. The summed E-state index contributed by atoms with van der Waals surface area (Å²) >= 11 is 4.21. The Morgan fingerprint density at radius 1 is 1.52 bits per heavy atom. The number of ether oxygens (including phenoxy) is 1. The van der Waals surface area contributed by atoms with E-state index in [1.54, 1.807) is 39.8 Å². The smallest absolute Gasteiger partial charge is 0.423 e. The minimum atomic E-state index is -0.930. The first-order valence-corrected chi connectivity index (χ1v) is 7.91. The molecule has 1 aromatic rings. The maximum absolute atomic E-state index is 14.2. The Labute approximate surface area is 136 Å². The molecule has 1 atom stereocenters. The first-order valence-electron chi connectivity index (χ1n) is 6.42. The summed E-state index contributed by atoms with van der Waals surface area (Å²) in [5.74, 6) is -0.389. The van der Waals surface area contributed by atoms with Gasteiger partial charge in [0, 0.05) is 10.0 Å². The second-order valence-electron chi connectivity index (χ2n) is 6.01. The maximum atomic E-state index is 14.2. The van der Waals surface area contributed by atoms with Crippen LogP contribution in [0.3, 0.4) is 0 Å². The third-order valence-corrected chi connectivity index (χ3v) is 4.40. The molecule has 4 nitrogen and oxygen atoms in total. The second-order valence-corrected chi connectivity index (χ2v) is 7.68. The summed E-state index contributed by atoms with van der Waals surface area (Å²) in [4.78, 5) is 12.3. The topological polar surface area (TPSA) is 38.8 Å². The van der Waals surface area contributed by atoms with Crippen molar-refractivity contribution < 1.29 is 18.1 Å². The van der Waals surface area contributed by atoms with E-state index in [-0.39, 0.29) is 12.4 Å². The van der Waals surface area contributed by atoms with Gasteiger partial charge in [0.2, 0.25) is 0 Å². The van der Waals surface area contributed by atoms with Gasteiger partial charge in [-0.1, -0.05) is 15.9 Å². The average Bonchev–Trinajstić information content (AvgIpc) is 2.73. The van der Waals surface area contributed by atoms with Crippen LogP contribution in [0, 0.1) is 5.82 Å². The first-order chi connectivity index (χ1) is 9.63. The van der Waals surface area contributed by atoms with Crippen LogP contribution in [0.2, 0.25) is 0 Å². The van der Waals surface area contributed by atoms with Gasteiger partial charge in [-0.25, -0.2) is 13.5 Å². The van der Waals surface area contributed by atoms with Crippen LogP contribution in [0.4, 0.5) is 9.18 Å². The number of benzene rings is 1. The molecule has 1 fully saturated rings. The van der Waals surface area contributed by atoms with Gasteiger partial charge in [0.25, 0.3) is 0 Å². The summed E-state index contributed by atoms with van der Waals surface area (Å²) in [5.41, 5.74) is -1.18. The average molecular weight is 378 g/mol. The van der Waals surface area contributed by atoms with Crippen molar-refractivity contribution in [1.29, 1.82) is 0 Å². The third-order valence-electron chi connectivity index (χ3n) is 2.98. The van der Waals surface area contributed by atoms with Crippen LogP contribution in [0.15, 0.2) is 22.7 Å². The molecule has 116 valence electrons. The summed E-state index contributed by atoms with van der Waals surface area (Å²) in [6.07, 6.45) is -0.549. The molecular formula is C14H17BrFNO3S. The van der Waals surface area contributed by atoms with Crippen LogP contribution in [0.5, 0.6) is 0 Å². The maximum Gasteiger partial charge on any atom is 0.423 e. The van der Waals surface area contributed by atoms with E-state index in [1.807, 2.05) is 0 Å². The molecule has 0 bridgehead atoms. The quantitative estimate of drug-likeness (QED) is 0.528. The predicted molar refractivity (Wildman–Crippen MR) is 83.1 cm³/mol. The van der Waals surface area contributed by atoms with Crippen molar-refractivity contribution in [1.82, 2.24) is 4.31 Å². The Morgan fingerprint density at radius 2 is 2.19 bits per heavy atom. The molecule has 1 heterocycles. The van der Waals surface area contributed by atoms with Crippen molar-refractivity contribution in [3.63, 3.8) is 0 Å². The molecule has 2 rings (SSSR count). The van der Waals surface area contributed by atoms with E-state index >= 15 is 0 Å². The van der Waals surface area contributed by atoms with Crippen molar-refractivity contribution in [2.75, 3.05) is 6.61 Å². The summed E-state index contributed by atoms with van der Waals surface area (Å²) < 4.78 is 26.9. The second kappa shape index (κ2) is 5.78. The van der Waals surface area contributed by atoms with Crippen LogP contribution >= 0.6 is 28.2 Å². The fourth-order valence-electron chi connectivity index (χ4n) is 1.97. The number of carbonyl (C=O) groups excluding carboxylic acids is 1. The van der Waals surface area contributed by atoms with E-state index in [1.165, 1.54) is 10.4 Å². The van der Waals surface area contributed by atoms with Crippen molar-refractivity contribution in [3.8, 4) is 0 Å². The number of nitrogens with zero attached hydrogens (tertiary/aromatic N) is 1. The van der Waals surface area contributed by atoms with Gasteiger partial charge in [-0.05, 0) is 45.9 Å². The van der Waals surface area contributed by atoms with E-state index in [0.29, 0.717) is 5.56 Å². The van der Waals surface area contributed by atoms with Crippen molar-refractivity contribution in [3.05, 3.63) is 34.1 Å². The highest BCUT2D eigenvalue weighted by molar-refractivity contribution is 9.10. The lowest BCUT2D eigenvalue weighted by atomic mass is 9.92. The molecule has 21 heavy (non-hydrogen) atoms. The van der Waals surface area contributed by atoms with Crippen LogP contribution in [0.1, 0.15) is 33.3 Å². The molecular weight excluding hydrogens is 361 g/mol. The van der Waals surface area contributed by atoms with Crippen LogP contribution in [-0.2, 0) is 14.5 Å². The van der Waals surface area contributed by atoms with Crippen LogP contribution in [0.25, 0.3) is 0 Å². The van der Waals surface area contributed by atoms with Crippen molar-refractivity contribution in [2.45, 2.75) is 38.8 Å². The molecule has 1 amide bonds. The summed E-state index contributed by atoms with van der Waals surface area (Å²) in [6.45, 7) is 7.28. The molecule has 1 aliphatic rings. The Hall–Kier alpha value is -0.790. The Kier molecular flexibility index (Phi) is 4.56. The molecule has 0 aliphatic carbocycles. The predicted octanol–water partition coefficient (Wildman–Crippen LogP) is 4.63. The van der Waals surface area contributed by atoms with E-state index < -0.39 is 17.2 Å². The molecule has 0 radical (unpaired) electrons. The molecule has 0 N–H and O–H groups in total. The Bertz CT molecular complexity index is 564. The zero-order chi connectivity index (χ0) is 15.8. The highest BCUT2D eigenvalue weighted by atomic mass is 79.9. The highest BCUT2D eigenvalue weighted by Gasteiger charge is 2.47. The Balaban J connectivity index is 2.36. The number of rotatable bonds is 1.